The first-order chi connectivity index (χ1) is 8.74. The van der Waals surface area contributed by atoms with Gasteiger partial charge in [0, 0.05) is 7.11 Å². The van der Waals surface area contributed by atoms with Crippen molar-refractivity contribution in [2.75, 3.05) is 20.2 Å². The molecule has 0 atom stereocenters. The molecule has 106 valence electrons. The van der Waals surface area contributed by atoms with Gasteiger partial charge >= 0.3 is 0 Å². The monoisotopic (exact) mass is 253 g/mol. The van der Waals surface area contributed by atoms with E-state index in [9.17, 15) is 0 Å². The van der Waals surface area contributed by atoms with E-state index < -0.39 is 0 Å². The average molecular weight is 253 g/mol. The Hall–Kier alpha value is -0.0800. The van der Waals surface area contributed by atoms with Crippen molar-refractivity contribution in [1.82, 2.24) is 5.32 Å². The molecule has 2 nitrogen and oxygen atoms in total. The SMILES string of the molecule is CC1CCCCC1.COC1CC2(CCNCC2)C1. The molecule has 2 heteroatoms. The minimum Gasteiger partial charge on any atom is -0.381 e. The molecule has 0 aromatic rings. The smallest absolute Gasteiger partial charge is 0.0582 e. The fraction of sp³-hybridized carbons (Fsp3) is 1.00. The van der Waals surface area contributed by atoms with E-state index in [4.69, 9.17) is 4.74 Å². The van der Waals surface area contributed by atoms with Crippen molar-refractivity contribution in [1.29, 1.82) is 0 Å². The molecule has 0 amide bonds. The van der Waals surface area contributed by atoms with Gasteiger partial charge in [0.15, 0.2) is 0 Å². The Bertz CT molecular complexity index is 221. The Morgan fingerprint density at radius 3 is 2.06 bits per heavy atom. The second-order valence-electron chi connectivity index (χ2n) is 6.76. The second kappa shape index (κ2) is 6.91. The van der Waals surface area contributed by atoms with E-state index in [0.29, 0.717) is 11.5 Å². The second-order valence-corrected chi connectivity index (χ2v) is 6.76. The van der Waals surface area contributed by atoms with Crippen LogP contribution in [0.5, 0.6) is 0 Å². The van der Waals surface area contributed by atoms with Crippen LogP contribution < -0.4 is 5.32 Å². The quantitative estimate of drug-likeness (QED) is 0.768. The number of rotatable bonds is 1. The van der Waals surface area contributed by atoms with Crippen LogP contribution in [0.1, 0.15) is 64.7 Å². The van der Waals surface area contributed by atoms with Crippen molar-refractivity contribution in [3.05, 3.63) is 0 Å². The normalized spacial score (nSPS) is 28.3. The molecule has 18 heavy (non-hydrogen) atoms. The van der Waals surface area contributed by atoms with Crippen LogP contribution in [0, 0.1) is 11.3 Å². The van der Waals surface area contributed by atoms with Gasteiger partial charge in [-0.25, -0.2) is 0 Å². The van der Waals surface area contributed by atoms with Gasteiger partial charge in [0.25, 0.3) is 0 Å². The van der Waals surface area contributed by atoms with Crippen molar-refractivity contribution in [2.45, 2.75) is 70.8 Å². The standard InChI is InChI=1S/C9H17NO.C7H14/c1-11-8-6-9(7-8)2-4-10-5-3-9;1-7-5-3-2-4-6-7/h8,10H,2-7H2,1H3;7H,2-6H2,1H3. The highest BCUT2D eigenvalue weighted by atomic mass is 16.5. The predicted octanol–water partition coefficient (Wildman–Crippen LogP) is 3.75. The highest BCUT2D eigenvalue weighted by Gasteiger charge is 2.44. The molecule has 0 unspecified atom stereocenters. The maximum atomic E-state index is 5.29. The molecule has 2 aliphatic carbocycles. The highest BCUT2D eigenvalue weighted by Crippen LogP contribution is 2.48. The molecule has 3 rings (SSSR count). The predicted molar refractivity (Wildman–Crippen MR) is 76.8 cm³/mol. The maximum absolute atomic E-state index is 5.29. The summed E-state index contributed by atoms with van der Waals surface area (Å²) < 4.78 is 5.29. The summed E-state index contributed by atoms with van der Waals surface area (Å²) in [5.74, 6) is 1.04. The fourth-order valence-corrected chi connectivity index (χ4v) is 3.74. The van der Waals surface area contributed by atoms with Crippen LogP contribution >= 0.6 is 0 Å². The van der Waals surface area contributed by atoms with Crippen LogP contribution in [0.4, 0.5) is 0 Å². The molecule has 1 heterocycles. The lowest BCUT2D eigenvalue weighted by Crippen LogP contribution is -2.48. The van der Waals surface area contributed by atoms with Crippen molar-refractivity contribution < 1.29 is 4.74 Å². The van der Waals surface area contributed by atoms with Gasteiger partial charge < -0.3 is 10.1 Å². The zero-order chi connectivity index (χ0) is 12.8. The van der Waals surface area contributed by atoms with Crippen LogP contribution in [0.15, 0.2) is 0 Å². The summed E-state index contributed by atoms with van der Waals surface area (Å²) in [4.78, 5) is 0. The molecule has 2 saturated carbocycles. The van der Waals surface area contributed by atoms with Crippen molar-refractivity contribution in [2.24, 2.45) is 11.3 Å². The largest absolute Gasteiger partial charge is 0.381 e. The molecule has 3 fully saturated rings. The summed E-state index contributed by atoms with van der Waals surface area (Å²) in [7, 11) is 1.83. The Morgan fingerprint density at radius 2 is 1.61 bits per heavy atom. The summed E-state index contributed by atoms with van der Waals surface area (Å²) in [6.45, 7) is 4.80. The minimum absolute atomic E-state index is 0.577. The Morgan fingerprint density at radius 1 is 1.00 bits per heavy atom. The molecule has 1 aliphatic heterocycles. The van der Waals surface area contributed by atoms with E-state index in [2.05, 4.69) is 12.2 Å². The summed E-state index contributed by atoms with van der Waals surface area (Å²) in [5, 5.41) is 3.40. The molecule has 1 N–H and O–H groups in total. The fourth-order valence-electron chi connectivity index (χ4n) is 3.74. The van der Waals surface area contributed by atoms with E-state index >= 15 is 0 Å². The maximum Gasteiger partial charge on any atom is 0.0582 e. The van der Waals surface area contributed by atoms with Gasteiger partial charge in [-0.15, -0.1) is 0 Å². The molecule has 0 bridgehead atoms. The molecular formula is C16H31NO. The van der Waals surface area contributed by atoms with E-state index in [1.807, 2.05) is 7.11 Å². The van der Waals surface area contributed by atoms with E-state index in [1.165, 1.54) is 70.9 Å². The van der Waals surface area contributed by atoms with Crippen LogP contribution in [0.2, 0.25) is 0 Å². The first-order valence-corrected chi connectivity index (χ1v) is 7.98. The minimum atomic E-state index is 0.577. The van der Waals surface area contributed by atoms with Crippen LogP contribution in [-0.4, -0.2) is 26.3 Å². The molecule has 1 spiro atoms. The van der Waals surface area contributed by atoms with E-state index in [1.54, 1.807) is 0 Å². The topological polar surface area (TPSA) is 21.3 Å². The zero-order valence-corrected chi connectivity index (χ0v) is 12.3. The lowest BCUT2D eigenvalue weighted by molar-refractivity contribution is -0.0735. The Balaban J connectivity index is 0.000000149. The number of hydrogen-bond acceptors (Lipinski definition) is 2. The number of hydrogen-bond donors (Lipinski definition) is 1. The van der Waals surface area contributed by atoms with Crippen molar-refractivity contribution >= 4 is 0 Å². The van der Waals surface area contributed by atoms with Gasteiger partial charge in [0.2, 0.25) is 0 Å². The molecule has 0 aromatic heterocycles. The Labute approximate surface area is 113 Å². The zero-order valence-electron chi connectivity index (χ0n) is 12.3. The van der Waals surface area contributed by atoms with Gasteiger partial charge in [-0.2, -0.15) is 0 Å². The number of methoxy groups -OCH3 is 1. The molecule has 3 aliphatic rings. The van der Waals surface area contributed by atoms with Gasteiger partial charge in [0.05, 0.1) is 6.10 Å². The van der Waals surface area contributed by atoms with E-state index in [-0.39, 0.29) is 0 Å². The average Bonchev–Trinajstić information content (AvgIpc) is 2.38. The van der Waals surface area contributed by atoms with Crippen LogP contribution in [-0.2, 0) is 4.74 Å². The van der Waals surface area contributed by atoms with Gasteiger partial charge in [-0.05, 0) is 50.1 Å². The van der Waals surface area contributed by atoms with E-state index in [0.717, 1.165) is 5.92 Å². The summed E-state index contributed by atoms with van der Waals surface area (Å²) in [6.07, 6.45) is 13.4. The number of piperidine rings is 1. The highest BCUT2D eigenvalue weighted by molar-refractivity contribution is 4.96. The lowest BCUT2D eigenvalue weighted by atomic mass is 9.62. The summed E-state index contributed by atoms with van der Waals surface area (Å²) >= 11 is 0. The van der Waals surface area contributed by atoms with Gasteiger partial charge in [0.1, 0.15) is 0 Å². The molecule has 1 saturated heterocycles. The van der Waals surface area contributed by atoms with Crippen LogP contribution in [0.25, 0.3) is 0 Å². The third-order valence-electron chi connectivity index (χ3n) is 5.21. The van der Waals surface area contributed by atoms with Gasteiger partial charge in [-0.1, -0.05) is 39.0 Å². The van der Waals surface area contributed by atoms with Crippen molar-refractivity contribution in [3.8, 4) is 0 Å². The first kappa shape index (κ1) is 14.3. The van der Waals surface area contributed by atoms with Gasteiger partial charge in [-0.3, -0.25) is 0 Å². The molecule has 0 radical (unpaired) electrons. The summed E-state index contributed by atoms with van der Waals surface area (Å²) in [5.41, 5.74) is 0.686. The lowest BCUT2D eigenvalue weighted by Gasteiger charge is -2.49. The number of ether oxygens (including phenoxy) is 1. The summed E-state index contributed by atoms with van der Waals surface area (Å²) in [6, 6.07) is 0. The third-order valence-corrected chi connectivity index (χ3v) is 5.21. The third kappa shape index (κ3) is 3.96. The molecule has 0 aromatic carbocycles. The van der Waals surface area contributed by atoms with Crippen molar-refractivity contribution in [3.63, 3.8) is 0 Å². The first-order valence-electron chi connectivity index (χ1n) is 7.98. The Kier molecular flexibility index (Phi) is 5.50. The number of nitrogens with one attached hydrogen (secondary N) is 1. The van der Waals surface area contributed by atoms with Crippen LogP contribution in [0.3, 0.4) is 0 Å². The molecular weight excluding hydrogens is 222 g/mol.